The third-order valence-electron chi connectivity index (χ3n) is 9.24. The SMILES string of the molecule is CCOC(=O)c1nc2ccccc2n([C@H]2C[C@H]3CCC[C@@H](C2)N3C2C3CCCC2CCC3)c1=O. The Morgan fingerprint density at radius 2 is 1.56 bits per heavy atom. The molecule has 2 aliphatic heterocycles. The number of rotatable bonds is 4. The standard InChI is InChI=1S/C28H37N3O3/c1-2-34-28(33)25-27(32)31(24-15-4-3-14-23(24)29-25)22-16-20-12-7-13-21(17-22)30(20)26-18-8-5-9-19(26)11-6-10-18/h3-4,14-15,18-22,26H,2,5-13,16-17H2,1H3/t18?,19?,20-,21+,22+,26?. The lowest BCUT2D eigenvalue weighted by atomic mass is 9.65. The Morgan fingerprint density at radius 3 is 2.21 bits per heavy atom. The fourth-order valence-electron chi connectivity index (χ4n) is 8.06. The molecule has 6 rings (SSSR count). The van der Waals surface area contributed by atoms with Crippen LogP contribution in [0.1, 0.15) is 94.1 Å². The number of esters is 1. The monoisotopic (exact) mass is 463 g/mol. The van der Waals surface area contributed by atoms with Crippen LogP contribution in [0.2, 0.25) is 0 Å². The molecule has 1 aromatic heterocycles. The van der Waals surface area contributed by atoms with Crippen molar-refractivity contribution < 1.29 is 9.53 Å². The van der Waals surface area contributed by atoms with Crippen molar-refractivity contribution in [2.45, 2.75) is 102 Å². The Hall–Kier alpha value is -2.21. The van der Waals surface area contributed by atoms with E-state index in [4.69, 9.17) is 4.74 Å². The highest BCUT2D eigenvalue weighted by Crippen LogP contribution is 2.49. The van der Waals surface area contributed by atoms with Crippen LogP contribution in [0.25, 0.3) is 11.0 Å². The average molecular weight is 464 g/mol. The number of fused-ring (bicyclic) bond motifs is 6. The molecule has 1 aromatic carbocycles. The van der Waals surface area contributed by atoms with E-state index in [0.717, 1.165) is 36.2 Å². The summed E-state index contributed by atoms with van der Waals surface area (Å²) in [5.41, 5.74) is 1.17. The number of carbonyl (C=O) groups excluding carboxylic acids is 1. The van der Waals surface area contributed by atoms with Gasteiger partial charge in [-0.1, -0.05) is 31.4 Å². The van der Waals surface area contributed by atoms with Gasteiger partial charge in [-0.15, -0.1) is 0 Å². The van der Waals surface area contributed by atoms with Crippen LogP contribution in [0, 0.1) is 11.8 Å². The van der Waals surface area contributed by atoms with E-state index >= 15 is 0 Å². The fraction of sp³-hybridized carbons (Fsp3) is 0.679. The summed E-state index contributed by atoms with van der Waals surface area (Å²) in [7, 11) is 0. The maximum atomic E-state index is 13.6. The van der Waals surface area contributed by atoms with Gasteiger partial charge in [0.05, 0.1) is 17.6 Å². The van der Waals surface area contributed by atoms with Gasteiger partial charge < -0.3 is 9.30 Å². The van der Waals surface area contributed by atoms with Crippen LogP contribution in [-0.4, -0.2) is 45.2 Å². The number of aromatic nitrogens is 2. The van der Waals surface area contributed by atoms with Crippen LogP contribution < -0.4 is 5.56 Å². The van der Waals surface area contributed by atoms with E-state index in [0.29, 0.717) is 17.6 Å². The van der Waals surface area contributed by atoms with Gasteiger partial charge in [0.2, 0.25) is 5.69 Å². The Balaban J connectivity index is 1.37. The quantitative estimate of drug-likeness (QED) is 0.590. The molecule has 0 radical (unpaired) electrons. The van der Waals surface area contributed by atoms with Crippen molar-refractivity contribution in [2.75, 3.05) is 6.61 Å². The molecule has 4 bridgehead atoms. The molecule has 4 fully saturated rings. The largest absolute Gasteiger partial charge is 0.461 e. The zero-order valence-corrected chi connectivity index (χ0v) is 20.3. The Bertz CT molecular complexity index is 1090. The van der Waals surface area contributed by atoms with Crippen molar-refractivity contribution >= 4 is 17.0 Å². The van der Waals surface area contributed by atoms with Gasteiger partial charge in [0.1, 0.15) is 0 Å². The number of carbonyl (C=O) groups is 1. The minimum Gasteiger partial charge on any atom is -0.461 e. The van der Waals surface area contributed by atoms with Gasteiger partial charge in [-0.3, -0.25) is 9.69 Å². The van der Waals surface area contributed by atoms with Crippen LogP contribution in [0.4, 0.5) is 0 Å². The average Bonchev–Trinajstić information content (AvgIpc) is 2.82. The highest BCUT2D eigenvalue weighted by atomic mass is 16.5. The second kappa shape index (κ2) is 9.10. The van der Waals surface area contributed by atoms with Crippen LogP contribution in [0.3, 0.4) is 0 Å². The molecule has 2 saturated heterocycles. The third-order valence-corrected chi connectivity index (χ3v) is 9.24. The summed E-state index contributed by atoms with van der Waals surface area (Å²) in [5.74, 6) is 1.12. The molecule has 0 amide bonds. The lowest BCUT2D eigenvalue weighted by Gasteiger charge is -2.58. The first-order valence-corrected chi connectivity index (χ1v) is 13.6. The third kappa shape index (κ3) is 3.69. The molecular formula is C28H37N3O3. The number of benzene rings is 1. The van der Waals surface area contributed by atoms with Crippen molar-refractivity contribution in [3.05, 3.63) is 40.3 Å². The lowest BCUT2D eigenvalue weighted by Crippen LogP contribution is -2.62. The van der Waals surface area contributed by atoms with Gasteiger partial charge in [-0.05, 0) is 82.3 Å². The van der Waals surface area contributed by atoms with Gasteiger partial charge in [-0.2, -0.15) is 0 Å². The molecule has 6 heteroatoms. The van der Waals surface area contributed by atoms with Gasteiger partial charge >= 0.3 is 5.97 Å². The molecule has 0 unspecified atom stereocenters. The van der Waals surface area contributed by atoms with E-state index in [1.54, 1.807) is 6.92 Å². The predicted molar refractivity (Wildman–Crippen MR) is 132 cm³/mol. The number of hydrogen-bond acceptors (Lipinski definition) is 5. The molecule has 2 aromatic rings. The summed E-state index contributed by atoms with van der Waals surface area (Å²) in [6, 6.07) is 9.67. The number of nitrogens with zero attached hydrogens (tertiary/aromatic N) is 3. The summed E-state index contributed by atoms with van der Waals surface area (Å²) in [4.78, 5) is 33.6. The van der Waals surface area contributed by atoms with Crippen molar-refractivity contribution in [3.63, 3.8) is 0 Å². The number of para-hydroxylation sites is 2. The van der Waals surface area contributed by atoms with Crippen molar-refractivity contribution in [1.29, 1.82) is 0 Å². The molecule has 6 nitrogen and oxygen atoms in total. The van der Waals surface area contributed by atoms with Crippen LogP contribution in [0.15, 0.2) is 29.1 Å². The highest BCUT2D eigenvalue weighted by molar-refractivity contribution is 5.89. The van der Waals surface area contributed by atoms with Crippen LogP contribution in [0.5, 0.6) is 0 Å². The van der Waals surface area contributed by atoms with Crippen LogP contribution >= 0.6 is 0 Å². The van der Waals surface area contributed by atoms with E-state index in [1.807, 2.05) is 28.8 Å². The fourth-order valence-corrected chi connectivity index (χ4v) is 8.06. The molecule has 3 atom stereocenters. The predicted octanol–water partition coefficient (Wildman–Crippen LogP) is 5.10. The summed E-state index contributed by atoms with van der Waals surface area (Å²) in [6.07, 6.45) is 14.1. The minimum absolute atomic E-state index is 0.0741. The summed E-state index contributed by atoms with van der Waals surface area (Å²) < 4.78 is 7.09. The van der Waals surface area contributed by atoms with Gasteiger partial charge in [0, 0.05) is 24.2 Å². The van der Waals surface area contributed by atoms with E-state index in [2.05, 4.69) is 9.88 Å². The molecular weight excluding hydrogens is 426 g/mol. The zero-order chi connectivity index (χ0) is 23.2. The first-order chi connectivity index (χ1) is 16.7. The lowest BCUT2D eigenvalue weighted by molar-refractivity contribution is -0.0818. The molecule has 0 spiro atoms. The maximum Gasteiger partial charge on any atom is 0.362 e. The van der Waals surface area contributed by atoms with E-state index in [9.17, 15) is 9.59 Å². The number of hydrogen-bond donors (Lipinski definition) is 0. The molecule has 2 aliphatic carbocycles. The molecule has 34 heavy (non-hydrogen) atoms. The number of piperidine rings is 2. The summed E-state index contributed by atoms with van der Waals surface area (Å²) >= 11 is 0. The second-order valence-electron chi connectivity index (χ2n) is 11.0. The van der Waals surface area contributed by atoms with E-state index in [-0.39, 0.29) is 23.9 Å². The Labute approximate surface area is 201 Å². The van der Waals surface area contributed by atoms with Crippen molar-refractivity contribution in [3.8, 4) is 0 Å². The first-order valence-electron chi connectivity index (χ1n) is 13.6. The molecule has 3 heterocycles. The summed E-state index contributed by atoms with van der Waals surface area (Å²) in [6.45, 7) is 1.99. The van der Waals surface area contributed by atoms with E-state index in [1.165, 1.54) is 57.8 Å². The van der Waals surface area contributed by atoms with E-state index < -0.39 is 5.97 Å². The zero-order valence-electron chi connectivity index (χ0n) is 20.3. The smallest absolute Gasteiger partial charge is 0.362 e. The molecule has 4 aliphatic rings. The van der Waals surface area contributed by atoms with Gasteiger partial charge in [0.25, 0.3) is 5.56 Å². The minimum atomic E-state index is -0.611. The normalized spacial score (nSPS) is 33.6. The highest BCUT2D eigenvalue weighted by Gasteiger charge is 2.48. The molecule has 2 saturated carbocycles. The topological polar surface area (TPSA) is 64.4 Å². The second-order valence-corrected chi connectivity index (χ2v) is 11.0. The first kappa shape index (κ1) is 22.3. The Kier molecular flexibility index (Phi) is 5.96. The van der Waals surface area contributed by atoms with Gasteiger partial charge in [-0.25, -0.2) is 9.78 Å². The van der Waals surface area contributed by atoms with Gasteiger partial charge in [0.15, 0.2) is 0 Å². The molecule has 182 valence electrons. The summed E-state index contributed by atoms with van der Waals surface area (Å²) in [5, 5.41) is 0. The maximum absolute atomic E-state index is 13.6. The van der Waals surface area contributed by atoms with Crippen molar-refractivity contribution in [1.82, 2.24) is 14.5 Å². The Morgan fingerprint density at radius 1 is 0.941 bits per heavy atom. The van der Waals surface area contributed by atoms with Crippen LogP contribution in [-0.2, 0) is 4.74 Å². The number of ether oxygens (including phenoxy) is 1. The van der Waals surface area contributed by atoms with Crippen molar-refractivity contribution in [2.24, 2.45) is 11.8 Å². The molecule has 0 N–H and O–H groups in total.